The van der Waals surface area contributed by atoms with Gasteiger partial charge >= 0.3 is 0 Å². The summed E-state index contributed by atoms with van der Waals surface area (Å²) < 4.78 is 5.57. The molecule has 64 heavy (non-hydrogen) atoms. The molecule has 0 fully saturated rings. The summed E-state index contributed by atoms with van der Waals surface area (Å²) in [6.45, 7) is 18.7. The van der Waals surface area contributed by atoms with E-state index in [9.17, 15) is 0 Å². The van der Waals surface area contributed by atoms with Crippen LogP contribution >= 0.6 is 22.7 Å². The fourth-order valence-corrected chi connectivity index (χ4v) is 14.3. The summed E-state index contributed by atoms with van der Waals surface area (Å²) in [4.78, 5) is 5.25. The van der Waals surface area contributed by atoms with Gasteiger partial charge in [-0.25, -0.2) is 0 Å². The van der Waals surface area contributed by atoms with Crippen molar-refractivity contribution < 1.29 is 0 Å². The number of benzene rings is 8. The predicted molar refractivity (Wildman–Crippen MR) is 281 cm³/mol. The lowest BCUT2D eigenvalue weighted by molar-refractivity contribution is 0.590. The Kier molecular flexibility index (Phi) is 7.78. The van der Waals surface area contributed by atoms with Crippen LogP contribution in [-0.2, 0) is 16.2 Å². The van der Waals surface area contributed by atoms with Crippen molar-refractivity contribution in [2.45, 2.75) is 71.6 Å². The molecule has 0 amide bonds. The van der Waals surface area contributed by atoms with E-state index in [1.165, 1.54) is 124 Å². The smallest absolute Gasteiger partial charge is 0.277 e. The van der Waals surface area contributed by atoms with E-state index in [0.717, 1.165) is 0 Å². The molecule has 0 unspecified atom stereocenters. The Morgan fingerprint density at radius 1 is 0.469 bits per heavy atom. The predicted octanol–water partition coefficient (Wildman–Crippen LogP) is 15.4. The summed E-state index contributed by atoms with van der Waals surface area (Å²) in [6, 6.07) is 58.4. The molecule has 2 aromatic heterocycles. The summed E-state index contributed by atoms with van der Waals surface area (Å²) >= 11 is 4.04. The van der Waals surface area contributed by atoms with Gasteiger partial charge in [0.25, 0.3) is 6.71 Å². The zero-order chi connectivity index (χ0) is 43.6. The van der Waals surface area contributed by atoms with Crippen LogP contribution in [0.4, 0.5) is 34.1 Å². The summed E-state index contributed by atoms with van der Waals surface area (Å²) in [6.07, 6.45) is 0. The van der Waals surface area contributed by atoms with E-state index in [1.54, 1.807) is 0 Å². The number of fused-ring (bicyclic) bond motifs is 16. The van der Waals surface area contributed by atoms with Crippen LogP contribution in [0.5, 0.6) is 0 Å². The molecule has 2 nitrogen and oxygen atoms in total. The maximum atomic E-state index is 2.63. The number of hydrogen-bond acceptors (Lipinski definition) is 4. The molecule has 1 aliphatic carbocycles. The molecule has 3 aliphatic rings. The van der Waals surface area contributed by atoms with Crippen molar-refractivity contribution in [1.82, 2.24) is 0 Å². The van der Waals surface area contributed by atoms with Gasteiger partial charge in [0.15, 0.2) is 0 Å². The van der Waals surface area contributed by atoms with Crippen molar-refractivity contribution >= 4 is 120 Å². The third-order valence-electron chi connectivity index (χ3n) is 14.7. The van der Waals surface area contributed by atoms with Crippen molar-refractivity contribution in [2.75, 3.05) is 9.80 Å². The average molecular weight is 861 g/mol. The van der Waals surface area contributed by atoms with Gasteiger partial charge in [0.1, 0.15) is 0 Å². The summed E-state index contributed by atoms with van der Waals surface area (Å²) in [7, 11) is 0. The van der Waals surface area contributed by atoms with Gasteiger partial charge in [-0.15, -0.1) is 22.7 Å². The molecule has 0 atom stereocenters. The third-order valence-corrected chi connectivity index (χ3v) is 17.2. The van der Waals surface area contributed by atoms with Gasteiger partial charge in [0.05, 0.1) is 11.4 Å². The van der Waals surface area contributed by atoms with Gasteiger partial charge in [0, 0.05) is 63.3 Å². The van der Waals surface area contributed by atoms with Crippen LogP contribution in [0, 0.1) is 0 Å². The molecule has 13 rings (SSSR count). The minimum absolute atomic E-state index is 0.0465. The quantitative estimate of drug-likeness (QED) is 0.126. The molecular weight excluding hydrogens is 812 g/mol. The topological polar surface area (TPSA) is 6.48 Å². The highest BCUT2D eigenvalue weighted by Gasteiger charge is 2.48. The number of thiophene rings is 2. The molecule has 0 saturated heterocycles. The minimum Gasteiger partial charge on any atom is -0.310 e. The molecule has 0 N–H and O–H groups in total. The summed E-state index contributed by atoms with van der Waals surface area (Å²) in [5.74, 6) is 0. The maximum Gasteiger partial charge on any atom is 0.277 e. The van der Waals surface area contributed by atoms with Crippen LogP contribution in [0.2, 0.25) is 0 Å². The lowest BCUT2D eigenvalue weighted by Gasteiger charge is -2.42. The van der Waals surface area contributed by atoms with Crippen molar-refractivity contribution in [2.24, 2.45) is 0 Å². The molecule has 4 heterocycles. The molecule has 310 valence electrons. The van der Waals surface area contributed by atoms with Crippen LogP contribution in [0.25, 0.3) is 52.8 Å². The van der Waals surface area contributed by atoms with Crippen LogP contribution < -0.4 is 24.8 Å². The van der Waals surface area contributed by atoms with Gasteiger partial charge in [0.2, 0.25) is 0 Å². The Labute approximate surface area is 384 Å². The first kappa shape index (κ1) is 38.3. The first-order valence-corrected chi connectivity index (χ1v) is 24.4. The summed E-state index contributed by atoms with van der Waals surface area (Å²) in [5.41, 5.74) is 17.2. The van der Waals surface area contributed by atoms with Gasteiger partial charge < -0.3 is 9.80 Å². The molecular formula is C59H49BN2S2. The monoisotopic (exact) mass is 860 g/mol. The minimum atomic E-state index is -0.0855. The van der Waals surface area contributed by atoms with Crippen molar-refractivity contribution in [3.63, 3.8) is 0 Å². The lowest BCUT2D eigenvalue weighted by atomic mass is 9.39. The largest absolute Gasteiger partial charge is 0.310 e. The first-order chi connectivity index (χ1) is 30.8. The van der Waals surface area contributed by atoms with Gasteiger partial charge in [-0.05, 0) is 114 Å². The molecule has 0 saturated carbocycles. The molecule has 8 aromatic carbocycles. The van der Waals surface area contributed by atoms with Crippen LogP contribution in [0.3, 0.4) is 0 Å². The van der Waals surface area contributed by atoms with E-state index >= 15 is 0 Å². The van der Waals surface area contributed by atoms with Crippen molar-refractivity contribution in [3.8, 4) is 11.1 Å². The Hall–Kier alpha value is -6.14. The van der Waals surface area contributed by atoms with Gasteiger partial charge in [-0.1, -0.05) is 159 Å². The highest BCUT2D eigenvalue weighted by molar-refractivity contribution is 7.41. The van der Waals surface area contributed by atoms with Crippen molar-refractivity contribution in [1.29, 1.82) is 0 Å². The van der Waals surface area contributed by atoms with Crippen LogP contribution in [-0.4, -0.2) is 6.71 Å². The second-order valence-corrected chi connectivity index (χ2v) is 23.0. The van der Waals surface area contributed by atoms with E-state index in [2.05, 4.69) is 217 Å². The Morgan fingerprint density at radius 2 is 1.00 bits per heavy atom. The fourth-order valence-electron chi connectivity index (χ4n) is 11.5. The van der Waals surface area contributed by atoms with Crippen LogP contribution in [0.1, 0.15) is 77.6 Å². The standard InChI is InChI=1S/C59H49BN2S2/c1-57(2,3)34-24-28-36(29-25-34)61-47-22-15-23-48-51(47)60(55-52(61)44-32-43-40-18-13-14-21-45(40)59(7,8)46(43)33-49(44)63-55)56-53(62(48)37-30-26-35(27-31-37)58(4,5)6)50-41-19-11-9-16-38(41)39-17-10-12-20-42(39)54(50)64-56/h9-33H,1-8H3. The molecule has 0 radical (unpaired) electrons. The zero-order valence-electron chi connectivity index (χ0n) is 37.7. The number of rotatable bonds is 2. The SMILES string of the molecule is CC(C)(C)c1ccc(N2c3cccc4c3B(c3sc5cc6c(cc5c32)-c2ccccc2C6(C)C)c2sc3c5ccccc5c5ccccc5c3c2N4c2ccc(C(C)(C)C)cc2)cc1. The zero-order valence-corrected chi connectivity index (χ0v) is 39.4. The number of nitrogens with zero attached hydrogens (tertiary/aromatic N) is 2. The molecule has 10 aromatic rings. The lowest BCUT2D eigenvalue weighted by Crippen LogP contribution is -2.59. The second kappa shape index (κ2) is 13.0. The summed E-state index contributed by atoms with van der Waals surface area (Å²) in [5, 5.41) is 7.95. The van der Waals surface area contributed by atoms with E-state index in [4.69, 9.17) is 0 Å². The second-order valence-electron chi connectivity index (χ2n) is 20.9. The van der Waals surface area contributed by atoms with E-state index in [1.807, 2.05) is 22.7 Å². The first-order valence-electron chi connectivity index (χ1n) is 22.8. The highest BCUT2D eigenvalue weighted by Crippen LogP contribution is 2.55. The Morgan fingerprint density at radius 3 is 1.62 bits per heavy atom. The third kappa shape index (κ3) is 5.14. The Bertz CT molecular complexity index is 3610. The molecule has 5 heteroatoms. The van der Waals surface area contributed by atoms with E-state index < -0.39 is 0 Å². The molecule has 0 bridgehead atoms. The average Bonchev–Trinajstić information content (AvgIpc) is 3.94. The van der Waals surface area contributed by atoms with E-state index in [-0.39, 0.29) is 23.0 Å². The number of hydrogen-bond donors (Lipinski definition) is 0. The van der Waals surface area contributed by atoms with E-state index in [0.29, 0.717) is 0 Å². The van der Waals surface area contributed by atoms with Crippen LogP contribution in [0.15, 0.2) is 152 Å². The highest BCUT2D eigenvalue weighted by atomic mass is 32.1. The Balaban J connectivity index is 1.17. The maximum absolute atomic E-state index is 2.63. The fraction of sp³-hybridized carbons (Fsp3) is 0.186. The van der Waals surface area contributed by atoms with Gasteiger partial charge in [-0.3, -0.25) is 0 Å². The van der Waals surface area contributed by atoms with Gasteiger partial charge in [-0.2, -0.15) is 0 Å². The normalized spacial score (nSPS) is 14.9. The van der Waals surface area contributed by atoms with Crippen molar-refractivity contribution in [3.05, 3.63) is 174 Å². The number of anilines is 6. The molecule has 0 spiro atoms. The molecule has 2 aliphatic heterocycles.